The Kier molecular flexibility index (Phi) is 15.7. The van der Waals surface area contributed by atoms with E-state index in [0.29, 0.717) is 28.6 Å². The summed E-state index contributed by atoms with van der Waals surface area (Å²) in [4.78, 5) is 37.7. The first-order valence-corrected chi connectivity index (χ1v) is 13.2. The molecular weight excluding hydrogens is 570 g/mol. The minimum atomic E-state index is 0.564. The average Bonchev–Trinajstić information content (AvgIpc) is 3.12. The lowest BCUT2D eigenvalue weighted by Gasteiger charge is -1.99. The molecule has 0 fully saturated rings. The molecule has 2 heterocycles. The molecule has 0 aliphatic heterocycles. The fraction of sp³-hybridized carbons (Fsp3) is 0.0588. The van der Waals surface area contributed by atoms with E-state index in [4.69, 9.17) is 26.0 Å². The number of rotatable bonds is 8. The molecule has 5 aromatic rings. The molecule has 0 radical (unpaired) electrons. The molecule has 2 N–H and O–H groups in total. The standard InChI is InChI=1S/C21H17N3O2.C8H8O2.C5H6N2.N2/c1-26-19-11-9-17(10-12-19)14-23-21-4-2-3-20(24-21)22-13-16-5-7-18(15-25)8-6-16;1-10-8-4-2-7(6-9)3-5-8;6-5-3-1-2-4-7-5;1-2/h2-15H,1H3;2-6H,1H3;1-4H,(H2,6,7);. The molecule has 2 aromatic heterocycles. The molecule has 0 spiro atoms. The number of aliphatic imine (C=N–C) groups is 2. The van der Waals surface area contributed by atoms with Gasteiger partial charge in [-0.3, -0.25) is 9.59 Å². The molecule has 226 valence electrons. The third-order valence-corrected chi connectivity index (χ3v) is 5.54. The monoisotopic (exact) mass is 601 g/mol. The summed E-state index contributed by atoms with van der Waals surface area (Å²) in [7, 11) is 3.23. The van der Waals surface area contributed by atoms with Gasteiger partial charge in [0.2, 0.25) is 0 Å². The zero-order chi connectivity index (χ0) is 32.7. The number of aldehydes is 2. The second-order valence-electron chi connectivity index (χ2n) is 8.57. The van der Waals surface area contributed by atoms with Crippen LogP contribution in [0.1, 0.15) is 31.8 Å². The molecular formula is C34H31N7O4. The van der Waals surface area contributed by atoms with Gasteiger partial charge in [0.25, 0.3) is 0 Å². The number of aromatic nitrogens is 2. The summed E-state index contributed by atoms with van der Waals surface area (Å²) in [5.41, 5.74) is 8.40. The fourth-order valence-electron chi connectivity index (χ4n) is 3.25. The van der Waals surface area contributed by atoms with Gasteiger partial charge in [-0.1, -0.05) is 36.4 Å². The summed E-state index contributed by atoms with van der Waals surface area (Å²) in [6.07, 6.45) is 6.73. The van der Waals surface area contributed by atoms with Crippen LogP contribution >= 0.6 is 0 Å². The summed E-state index contributed by atoms with van der Waals surface area (Å²) in [6.45, 7) is 0. The summed E-state index contributed by atoms with van der Waals surface area (Å²) < 4.78 is 10.0. The van der Waals surface area contributed by atoms with E-state index >= 15 is 0 Å². The maximum absolute atomic E-state index is 10.7. The van der Waals surface area contributed by atoms with Crippen LogP contribution in [-0.2, 0) is 0 Å². The summed E-state index contributed by atoms with van der Waals surface area (Å²) in [5.74, 6) is 3.28. The Labute approximate surface area is 261 Å². The van der Waals surface area contributed by atoms with Crippen LogP contribution in [0.25, 0.3) is 0 Å². The number of hydrogen-bond donors (Lipinski definition) is 1. The van der Waals surface area contributed by atoms with E-state index in [1.807, 2.05) is 66.7 Å². The molecule has 0 saturated heterocycles. The molecule has 11 nitrogen and oxygen atoms in total. The molecule has 45 heavy (non-hydrogen) atoms. The number of carbonyl (C=O) groups excluding carboxylic acids is 2. The Balaban J connectivity index is 0.000000302. The number of nitrogens with zero attached hydrogens (tertiary/aromatic N) is 6. The smallest absolute Gasteiger partial charge is 0.154 e. The van der Waals surface area contributed by atoms with Crippen LogP contribution in [0.5, 0.6) is 11.5 Å². The van der Waals surface area contributed by atoms with Gasteiger partial charge >= 0.3 is 0 Å². The molecule has 0 atom stereocenters. The van der Waals surface area contributed by atoms with Crippen molar-refractivity contribution in [2.45, 2.75) is 0 Å². The van der Waals surface area contributed by atoms with Crippen LogP contribution in [0.2, 0.25) is 0 Å². The zero-order valence-corrected chi connectivity index (χ0v) is 24.7. The highest BCUT2D eigenvalue weighted by atomic mass is 16.5. The highest BCUT2D eigenvalue weighted by molar-refractivity contribution is 5.84. The van der Waals surface area contributed by atoms with E-state index in [9.17, 15) is 9.59 Å². The number of nitrogens with two attached hydrogens (primary N) is 1. The van der Waals surface area contributed by atoms with Crippen molar-refractivity contribution in [1.29, 1.82) is 10.8 Å². The van der Waals surface area contributed by atoms with E-state index in [-0.39, 0.29) is 0 Å². The van der Waals surface area contributed by atoms with E-state index in [0.717, 1.165) is 35.2 Å². The first-order valence-electron chi connectivity index (χ1n) is 13.2. The normalized spacial score (nSPS) is 9.78. The molecule has 5 rings (SSSR count). The van der Waals surface area contributed by atoms with Crippen LogP contribution in [0.3, 0.4) is 0 Å². The Morgan fingerprint density at radius 1 is 0.600 bits per heavy atom. The first-order chi connectivity index (χ1) is 22.0. The molecule has 0 saturated carbocycles. The number of hydrogen-bond acceptors (Lipinski definition) is 11. The topological polar surface area (TPSA) is 177 Å². The zero-order valence-electron chi connectivity index (χ0n) is 24.7. The van der Waals surface area contributed by atoms with E-state index in [2.05, 4.69) is 20.0 Å². The van der Waals surface area contributed by atoms with Crippen LogP contribution in [0.15, 0.2) is 125 Å². The summed E-state index contributed by atoms with van der Waals surface area (Å²) in [6, 6.07) is 32.6. The van der Waals surface area contributed by atoms with Gasteiger partial charge < -0.3 is 15.2 Å². The first kappa shape index (κ1) is 34.7. The Bertz CT molecular complexity index is 1660. The Morgan fingerprint density at radius 3 is 1.38 bits per heavy atom. The van der Waals surface area contributed by atoms with Gasteiger partial charge in [-0.2, -0.15) is 0 Å². The number of methoxy groups -OCH3 is 2. The molecule has 0 unspecified atom stereocenters. The summed E-state index contributed by atoms with van der Waals surface area (Å²) >= 11 is 0. The molecule has 0 bridgehead atoms. The van der Waals surface area contributed by atoms with Crippen molar-refractivity contribution in [2.75, 3.05) is 20.0 Å². The minimum Gasteiger partial charge on any atom is -0.497 e. The average molecular weight is 602 g/mol. The second-order valence-corrected chi connectivity index (χ2v) is 8.57. The number of pyridine rings is 2. The van der Waals surface area contributed by atoms with Crippen molar-refractivity contribution in [3.63, 3.8) is 0 Å². The van der Waals surface area contributed by atoms with E-state index in [1.165, 1.54) is 0 Å². The van der Waals surface area contributed by atoms with Crippen molar-refractivity contribution in [3.8, 4) is 11.5 Å². The lowest BCUT2D eigenvalue weighted by atomic mass is 10.2. The molecule has 11 heteroatoms. The third-order valence-electron chi connectivity index (χ3n) is 5.54. The van der Waals surface area contributed by atoms with Crippen molar-refractivity contribution < 1.29 is 19.1 Å². The van der Waals surface area contributed by atoms with Crippen molar-refractivity contribution in [3.05, 3.63) is 138 Å². The van der Waals surface area contributed by atoms with Gasteiger partial charge in [0.15, 0.2) is 11.6 Å². The lowest BCUT2D eigenvalue weighted by Crippen LogP contribution is -1.85. The largest absolute Gasteiger partial charge is 0.497 e. The number of anilines is 1. The highest BCUT2D eigenvalue weighted by Crippen LogP contribution is 2.16. The molecule has 0 aliphatic rings. The van der Waals surface area contributed by atoms with Crippen LogP contribution in [0.4, 0.5) is 17.5 Å². The van der Waals surface area contributed by atoms with Crippen molar-refractivity contribution >= 4 is 42.5 Å². The number of carbonyl (C=O) groups is 2. The van der Waals surface area contributed by atoms with Gasteiger partial charge in [0.1, 0.15) is 29.9 Å². The Morgan fingerprint density at radius 2 is 1.02 bits per heavy atom. The maximum Gasteiger partial charge on any atom is 0.154 e. The van der Waals surface area contributed by atoms with Gasteiger partial charge in [-0.25, -0.2) is 20.0 Å². The number of benzene rings is 3. The quantitative estimate of drug-likeness (QED) is 0.116. The van der Waals surface area contributed by atoms with Crippen LogP contribution in [-0.4, -0.2) is 49.2 Å². The van der Waals surface area contributed by atoms with Crippen molar-refractivity contribution in [2.24, 2.45) is 9.98 Å². The van der Waals surface area contributed by atoms with Gasteiger partial charge in [0.05, 0.1) is 14.2 Å². The third kappa shape index (κ3) is 13.3. The van der Waals surface area contributed by atoms with Crippen LogP contribution < -0.4 is 15.2 Å². The molecule has 3 aromatic carbocycles. The molecule has 0 aliphatic carbocycles. The minimum absolute atomic E-state index is 0.564. The Hall–Kier alpha value is -6.54. The van der Waals surface area contributed by atoms with Gasteiger partial charge in [-0.15, -0.1) is 0 Å². The molecule has 0 amide bonds. The maximum atomic E-state index is 10.7. The predicted octanol–water partition coefficient (Wildman–Crippen LogP) is 6.61. The van der Waals surface area contributed by atoms with Gasteiger partial charge in [-0.05, 0) is 83.9 Å². The predicted molar refractivity (Wildman–Crippen MR) is 174 cm³/mol. The number of ether oxygens (including phenoxy) is 2. The van der Waals surface area contributed by atoms with E-state index in [1.54, 1.807) is 75.3 Å². The number of nitrogen functional groups attached to an aromatic ring is 1. The van der Waals surface area contributed by atoms with Crippen LogP contribution in [0, 0.1) is 10.8 Å². The second kappa shape index (κ2) is 20.4. The van der Waals surface area contributed by atoms with Gasteiger partial charge in [0, 0.05) is 40.5 Å². The van der Waals surface area contributed by atoms with Crippen molar-refractivity contribution in [1.82, 2.24) is 9.97 Å². The SMILES string of the molecule is COc1ccc(C=Nc2cccc(N=Cc3ccc(C=O)cc3)n2)cc1.COc1ccc(C=O)cc1.N#N.Nc1ccccn1. The summed E-state index contributed by atoms with van der Waals surface area (Å²) in [5, 5.41) is 12.0. The fourth-order valence-corrected chi connectivity index (χ4v) is 3.25. The van der Waals surface area contributed by atoms with E-state index < -0.39 is 0 Å². The highest BCUT2D eigenvalue weighted by Gasteiger charge is 1.96. The lowest BCUT2D eigenvalue weighted by molar-refractivity contribution is 0.111.